The van der Waals surface area contributed by atoms with E-state index in [-0.39, 0.29) is 6.61 Å². The van der Waals surface area contributed by atoms with Crippen molar-refractivity contribution in [3.63, 3.8) is 0 Å². The Balaban J connectivity index is 0.000000340. The summed E-state index contributed by atoms with van der Waals surface area (Å²) in [6, 6.07) is 7.24. The van der Waals surface area contributed by atoms with Gasteiger partial charge in [0.1, 0.15) is 5.82 Å². The second-order valence-corrected chi connectivity index (χ2v) is 4.93. The van der Waals surface area contributed by atoms with Gasteiger partial charge in [-0.2, -0.15) is 0 Å². The Morgan fingerprint density at radius 2 is 1.67 bits per heavy atom. The van der Waals surface area contributed by atoms with Crippen LogP contribution in [0.2, 0.25) is 0 Å². The third-order valence-corrected chi connectivity index (χ3v) is 2.36. The number of aromatic amines is 2. The fourth-order valence-electron chi connectivity index (χ4n) is 1.30. The van der Waals surface area contributed by atoms with Crippen LogP contribution in [0.1, 0.15) is 6.92 Å². The van der Waals surface area contributed by atoms with Gasteiger partial charge in [-0.05, 0) is 67.8 Å². The number of nitrogens with zero attached hydrogens (tertiary/aromatic N) is 2. The number of hydrogen-bond acceptors (Lipinski definition) is 8. The van der Waals surface area contributed by atoms with E-state index in [2.05, 4.69) is 44.4 Å². The number of anilines is 2. The Labute approximate surface area is 155 Å². The maximum absolute atomic E-state index is 7.57. The molecule has 0 aliphatic rings. The standard InChI is InChI=1S/C6H5N3S.C5H7N3.C2H6O.CS2/c10-6-8-4-2-1-3-7-5(4)9-6;6-4-2-1-3-8-5(4)7;1-2-3;2-1-3/h1-3H,(H2,7,8,9,10);1-3H,6H2,(H2,7,8);3H,2H2,1H3;. The van der Waals surface area contributed by atoms with Crippen LogP contribution in [0.5, 0.6) is 0 Å². The van der Waals surface area contributed by atoms with Crippen LogP contribution in [0, 0.1) is 4.77 Å². The van der Waals surface area contributed by atoms with Crippen LogP contribution in [0.4, 0.5) is 11.5 Å². The van der Waals surface area contributed by atoms with Gasteiger partial charge in [0.15, 0.2) is 10.4 Å². The molecule has 3 heterocycles. The first kappa shape index (κ1) is 21.8. The minimum absolute atomic E-state index is 0.250. The number of nitrogen functional groups attached to an aromatic ring is 2. The van der Waals surface area contributed by atoms with E-state index >= 15 is 0 Å². The Bertz CT molecular complexity index is 754. The predicted molar refractivity (Wildman–Crippen MR) is 107 cm³/mol. The lowest BCUT2D eigenvalue weighted by Gasteiger charge is -1.92. The fourth-order valence-corrected chi connectivity index (χ4v) is 1.50. The van der Waals surface area contributed by atoms with Crippen molar-refractivity contribution < 1.29 is 5.11 Å². The van der Waals surface area contributed by atoms with Gasteiger partial charge in [0.25, 0.3) is 0 Å². The molecular formula is C14H18N6OS3. The molecule has 0 unspecified atom stereocenters. The van der Waals surface area contributed by atoms with Crippen molar-refractivity contribution in [2.75, 3.05) is 18.1 Å². The zero-order valence-electron chi connectivity index (χ0n) is 12.9. The zero-order chi connectivity index (χ0) is 18.4. The van der Waals surface area contributed by atoms with E-state index in [9.17, 15) is 0 Å². The van der Waals surface area contributed by atoms with Gasteiger partial charge in [0.05, 0.1) is 11.2 Å². The number of aliphatic hydroxyl groups is 1. The summed E-state index contributed by atoms with van der Waals surface area (Å²) < 4.78 is 2.54. The predicted octanol–water partition coefficient (Wildman–Crippen LogP) is 2.88. The monoisotopic (exact) mass is 382 g/mol. The normalized spacial score (nSPS) is 8.42. The molecule has 0 saturated heterocycles. The van der Waals surface area contributed by atoms with Crippen LogP contribution < -0.4 is 11.5 Å². The van der Waals surface area contributed by atoms with Crippen molar-refractivity contribution in [3.8, 4) is 0 Å². The number of H-pyrrole nitrogens is 2. The molecule has 0 radical (unpaired) electrons. The highest BCUT2D eigenvalue weighted by molar-refractivity contribution is 7.93. The molecule has 7 N–H and O–H groups in total. The highest BCUT2D eigenvalue weighted by Crippen LogP contribution is 2.06. The highest BCUT2D eigenvalue weighted by atomic mass is 32.1. The van der Waals surface area contributed by atoms with E-state index in [4.69, 9.17) is 28.8 Å². The molecule has 0 aliphatic heterocycles. The van der Waals surface area contributed by atoms with E-state index in [1.807, 2.05) is 16.4 Å². The Morgan fingerprint density at radius 1 is 1.12 bits per heavy atom. The summed E-state index contributed by atoms with van der Waals surface area (Å²) in [5, 5.41) is 7.57. The first-order chi connectivity index (χ1) is 11.5. The molecule has 10 heteroatoms. The molecule has 3 rings (SSSR count). The van der Waals surface area contributed by atoms with Gasteiger partial charge in [-0.1, -0.05) is 0 Å². The fraction of sp³-hybridized carbons (Fsp3) is 0.143. The van der Waals surface area contributed by atoms with Crippen molar-refractivity contribution in [2.24, 2.45) is 0 Å². The van der Waals surface area contributed by atoms with Gasteiger partial charge < -0.3 is 26.5 Å². The van der Waals surface area contributed by atoms with Gasteiger partial charge in [-0.25, -0.2) is 9.97 Å². The zero-order valence-corrected chi connectivity index (χ0v) is 15.3. The van der Waals surface area contributed by atoms with Crippen LogP contribution in [0.15, 0.2) is 36.7 Å². The summed E-state index contributed by atoms with van der Waals surface area (Å²) in [7, 11) is 0. The highest BCUT2D eigenvalue weighted by Gasteiger charge is 1.91. The molecule has 0 saturated carbocycles. The molecular weight excluding hydrogens is 364 g/mol. The number of thiocarbonyl (C=S) groups is 2. The van der Waals surface area contributed by atoms with Crippen molar-refractivity contribution in [1.82, 2.24) is 19.9 Å². The molecule has 128 valence electrons. The molecule has 0 atom stereocenters. The summed E-state index contributed by atoms with van der Waals surface area (Å²) in [6.07, 6.45) is 3.33. The average molecular weight is 383 g/mol. The smallest absolute Gasteiger partial charge is 0.176 e. The van der Waals surface area contributed by atoms with Crippen molar-refractivity contribution in [1.29, 1.82) is 0 Å². The molecule has 0 spiro atoms. The molecule has 0 amide bonds. The molecule has 3 aromatic heterocycles. The third-order valence-electron chi connectivity index (χ3n) is 2.16. The van der Waals surface area contributed by atoms with Gasteiger partial charge in [0, 0.05) is 23.3 Å². The topological polar surface area (TPSA) is 130 Å². The first-order valence-electron chi connectivity index (χ1n) is 6.59. The number of hydrogen-bond donors (Lipinski definition) is 5. The van der Waals surface area contributed by atoms with E-state index in [1.165, 1.54) is 0 Å². The lowest BCUT2D eigenvalue weighted by Crippen LogP contribution is -1.95. The molecule has 0 bridgehead atoms. The molecule has 24 heavy (non-hydrogen) atoms. The van der Waals surface area contributed by atoms with Crippen LogP contribution in [0.25, 0.3) is 11.2 Å². The largest absolute Gasteiger partial charge is 0.397 e. The quantitative estimate of drug-likeness (QED) is 0.375. The number of aromatic nitrogens is 4. The molecule has 0 aliphatic carbocycles. The number of rotatable bonds is 0. The average Bonchev–Trinajstić information content (AvgIpc) is 2.92. The number of nitrogens with one attached hydrogen (secondary N) is 2. The summed E-state index contributed by atoms with van der Waals surface area (Å²) >= 11 is 12.8. The van der Waals surface area contributed by atoms with Crippen LogP contribution in [-0.4, -0.2) is 36.0 Å². The molecule has 3 aromatic rings. The van der Waals surface area contributed by atoms with E-state index in [0.717, 1.165) is 11.2 Å². The number of pyridine rings is 2. The van der Waals surface area contributed by atoms with Crippen LogP contribution in [0.3, 0.4) is 0 Å². The maximum atomic E-state index is 7.57. The van der Waals surface area contributed by atoms with Crippen molar-refractivity contribution in [3.05, 3.63) is 41.4 Å². The lowest BCUT2D eigenvalue weighted by atomic mass is 10.4. The van der Waals surface area contributed by atoms with Crippen LogP contribution in [-0.2, 0) is 0 Å². The van der Waals surface area contributed by atoms with E-state index < -0.39 is 0 Å². The van der Waals surface area contributed by atoms with Gasteiger partial charge in [0.2, 0.25) is 0 Å². The summed E-state index contributed by atoms with van der Waals surface area (Å²) in [5.41, 5.74) is 12.9. The molecule has 0 fully saturated rings. The Hall–Kier alpha value is -2.23. The first-order valence-corrected chi connectivity index (χ1v) is 7.81. The second kappa shape index (κ2) is 13.2. The Morgan fingerprint density at radius 3 is 2.12 bits per heavy atom. The summed E-state index contributed by atoms with van der Waals surface area (Å²) in [5.74, 6) is 0.396. The van der Waals surface area contributed by atoms with Crippen LogP contribution >= 0.6 is 36.7 Å². The SMILES string of the molecule is CCO.Nc1cccnc1N.S=C=S.S=c1[nH]c2cccnc2[nH]1. The Kier molecular flexibility index (Phi) is 12.0. The minimum atomic E-state index is 0.250. The second-order valence-electron chi connectivity index (χ2n) is 3.86. The third kappa shape index (κ3) is 9.03. The number of nitrogens with two attached hydrogens (primary N) is 2. The number of aliphatic hydroxyl groups excluding tert-OH is 1. The minimum Gasteiger partial charge on any atom is -0.397 e. The van der Waals surface area contributed by atoms with Gasteiger partial charge >= 0.3 is 0 Å². The maximum Gasteiger partial charge on any atom is 0.176 e. The van der Waals surface area contributed by atoms with Gasteiger partial charge in [-0.15, -0.1) is 0 Å². The lowest BCUT2D eigenvalue weighted by molar-refractivity contribution is 0.318. The molecule has 7 nitrogen and oxygen atoms in total. The summed E-state index contributed by atoms with van der Waals surface area (Å²) in [6.45, 7) is 1.93. The molecule has 0 aromatic carbocycles. The summed E-state index contributed by atoms with van der Waals surface area (Å²) in [4.78, 5) is 13.6. The van der Waals surface area contributed by atoms with Gasteiger partial charge in [-0.3, -0.25) is 0 Å². The van der Waals surface area contributed by atoms with E-state index in [0.29, 0.717) is 16.3 Å². The van der Waals surface area contributed by atoms with Crippen molar-refractivity contribution >= 4 is 63.6 Å². The number of fused-ring (bicyclic) bond motifs is 1. The number of imidazole rings is 1. The van der Waals surface area contributed by atoms with E-state index in [1.54, 1.807) is 31.5 Å². The van der Waals surface area contributed by atoms with Crippen molar-refractivity contribution in [2.45, 2.75) is 6.92 Å².